The molecule has 0 radical (unpaired) electrons. The van der Waals surface area contributed by atoms with Crippen LogP contribution < -0.4 is 20.8 Å². The predicted octanol–water partition coefficient (Wildman–Crippen LogP) is 0.571. The van der Waals surface area contributed by atoms with Crippen LogP contribution in [-0.4, -0.2) is 37.6 Å². The minimum absolute atomic E-state index is 0.0222. The van der Waals surface area contributed by atoms with Gasteiger partial charge in [0.15, 0.2) is 14.9 Å². The van der Waals surface area contributed by atoms with Crippen LogP contribution >= 0.6 is 0 Å². The van der Waals surface area contributed by atoms with Crippen LogP contribution in [0.5, 0.6) is 5.75 Å². The molecule has 136 valence electrons. The topological polar surface area (TPSA) is 107 Å². The van der Waals surface area contributed by atoms with Crippen molar-refractivity contribution in [3.8, 4) is 5.75 Å². The summed E-state index contributed by atoms with van der Waals surface area (Å²) < 4.78 is 30.3. The average Bonchev–Trinajstić information content (AvgIpc) is 2.52. The van der Waals surface area contributed by atoms with Gasteiger partial charge in [-0.1, -0.05) is 32.0 Å². The highest BCUT2D eigenvalue weighted by molar-refractivity contribution is 7.90. The van der Waals surface area contributed by atoms with Crippen LogP contribution in [0.3, 0.4) is 0 Å². The van der Waals surface area contributed by atoms with Gasteiger partial charge in [0.05, 0.1) is 5.56 Å². The first-order valence-corrected chi connectivity index (χ1v) is 9.51. The van der Waals surface area contributed by atoms with Gasteiger partial charge in [-0.3, -0.25) is 9.78 Å². The zero-order chi connectivity index (χ0) is 18.6. The number of hydrogen-bond donors (Lipinski definition) is 1. The normalized spacial score (nSPS) is 11.5. The highest BCUT2D eigenvalue weighted by Crippen LogP contribution is 2.18. The third-order valence-corrected chi connectivity index (χ3v) is 4.40. The molecule has 0 saturated heterocycles. The number of nitrogens with zero attached hydrogens (tertiary/aromatic N) is 1. The summed E-state index contributed by atoms with van der Waals surface area (Å²) in [7, 11) is -3.87. The van der Waals surface area contributed by atoms with Crippen LogP contribution in [0, 0.1) is 0 Å². The van der Waals surface area contributed by atoms with Crippen molar-refractivity contribution in [1.82, 2.24) is 9.71 Å². The molecule has 1 aromatic heterocycles. The van der Waals surface area contributed by atoms with E-state index in [1.165, 1.54) is 0 Å². The molecule has 9 heteroatoms. The van der Waals surface area contributed by atoms with Gasteiger partial charge in [-0.05, 0) is 18.1 Å². The minimum Gasteiger partial charge on any atom is -0.490 e. The Morgan fingerprint density at radius 2 is 1.76 bits per heavy atom. The zero-order valence-electron chi connectivity index (χ0n) is 14.2. The van der Waals surface area contributed by atoms with E-state index in [2.05, 4.69) is 4.98 Å². The fraction of sp³-hybridized carbons (Fsp3) is 0.375. The zero-order valence-corrected chi connectivity index (χ0v) is 15.0. The van der Waals surface area contributed by atoms with Crippen LogP contribution in [0.15, 0.2) is 44.9 Å². The van der Waals surface area contributed by atoms with Gasteiger partial charge in [0.25, 0.3) is 5.56 Å². The SMILES string of the molecule is CC(C)c1c(S(C)(=O)=O)n(OCCOc2ccccc2)c(=O)[nH]c1=O. The van der Waals surface area contributed by atoms with Crippen molar-refractivity contribution in [2.24, 2.45) is 0 Å². The summed E-state index contributed by atoms with van der Waals surface area (Å²) in [6.07, 6.45) is 0.924. The Morgan fingerprint density at radius 3 is 2.32 bits per heavy atom. The largest absolute Gasteiger partial charge is 0.490 e. The predicted molar refractivity (Wildman–Crippen MR) is 91.9 cm³/mol. The number of aromatic amines is 1. The number of benzene rings is 1. The fourth-order valence-electron chi connectivity index (χ4n) is 2.30. The summed E-state index contributed by atoms with van der Waals surface area (Å²) in [4.78, 5) is 31.4. The van der Waals surface area contributed by atoms with Gasteiger partial charge in [0, 0.05) is 6.26 Å². The second-order valence-corrected chi connectivity index (χ2v) is 7.63. The Labute approximate surface area is 144 Å². The first-order chi connectivity index (χ1) is 11.7. The molecule has 0 unspecified atom stereocenters. The number of aromatic nitrogens is 2. The lowest BCUT2D eigenvalue weighted by atomic mass is 10.1. The molecular weight excluding hydrogens is 348 g/mol. The van der Waals surface area contributed by atoms with Gasteiger partial charge in [0.2, 0.25) is 0 Å². The maximum atomic E-state index is 12.1. The molecule has 25 heavy (non-hydrogen) atoms. The fourth-order valence-corrected chi connectivity index (χ4v) is 3.46. The lowest BCUT2D eigenvalue weighted by molar-refractivity contribution is 0.0552. The number of hydrogen-bond acceptors (Lipinski definition) is 6. The first kappa shape index (κ1) is 18.8. The molecule has 0 saturated carbocycles. The third-order valence-electron chi connectivity index (χ3n) is 3.31. The van der Waals surface area contributed by atoms with E-state index in [0.29, 0.717) is 10.5 Å². The van der Waals surface area contributed by atoms with Crippen LogP contribution in [0.2, 0.25) is 0 Å². The average molecular weight is 368 g/mol. The summed E-state index contributed by atoms with van der Waals surface area (Å²) in [5.74, 6) is 0.204. The molecule has 0 bridgehead atoms. The maximum Gasteiger partial charge on any atom is 0.362 e. The summed E-state index contributed by atoms with van der Waals surface area (Å²) in [5, 5.41) is -0.434. The second kappa shape index (κ2) is 7.56. The summed E-state index contributed by atoms with van der Waals surface area (Å²) >= 11 is 0. The van der Waals surface area contributed by atoms with Crippen molar-refractivity contribution >= 4 is 9.84 Å². The van der Waals surface area contributed by atoms with Crippen LogP contribution in [0.4, 0.5) is 0 Å². The number of ether oxygens (including phenoxy) is 1. The third kappa shape index (κ3) is 4.50. The van der Waals surface area contributed by atoms with Crippen molar-refractivity contribution in [3.05, 3.63) is 56.7 Å². The van der Waals surface area contributed by atoms with E-state index in [1.54, 1.807) is 38.1 Å². The Kier molecular flexibility index (Phi) is 5.68. The van der Waals surface area contributed by atoms with Gasteiger partial charge >= 0.3 is 5.69 Å². The maximum absolute atomic E-state index is 12.1. The molecule has 1 heterocycles. The van der Waals surface area contributed by atoms with Gasteiger partial charge < -0.3 is 9.57 Å². The molecular formula is C16H20N2O6S. The molecule has 2 aromatic rings. The molecule has 0 aliphatic heterocycles. The van der Waals surface area contributed by atoms with Crippen LogP contribution in [0.1, 0.15) is 25.3 Å². The van der Waals surface area contributed by atoms with E-state index >= 15 is 0 Å². The Balaban J connectivity index is 2.29. The molecule has 0 aliphatic rings. The lowest BCUT2D eigenvalue weighted by Crippen LogP contribution is -2.41. The molecule has 8 nitrogen and oxygen atoms in total. The van der Waals surface area contributed by atoms with Crippen molar-refractivity contribution in [2.75, 3.05) is 19.5 Å². The van der Waals surface area contributed by atoms with E-state index in [0.717, 1.165) is 6.26 Å². The Morgan fingerprint density at radius 1 is 1.12 bits per heavy atom. The minimum atomic E-state index is -3.87. The van der Waals surface area contributed by atoms with Crippen LogP contribution in [-0.2, 0) is 9.84 Å². The number of H-pyrrole nitrogens is 1. The monoisotopic (exact) mass is 368 g/mol. The Bertz CT molecular complexity index is 945. The van der Waals surface area contributed by atoms with Gasteiger partial charge in [0.1, 0.15) is 19.0 Å². The Hall–Kier alpha value is -2.55. The van der Waals surface area contributed by atoms with Gasteiger partial charge in [-0.25, -0.2) is 13.2 Å². The van der Waals surface area contributed by atoms with E-state index in [9.17, 15) is 18.0 Å². The first-order valence-electron chi connectivity index (χ1n) is 7.62. The molecule has 0 aliphatic carbocycles. The summed E-state index contributed by atoms with van der Waals surface area (Å²) in [5.41, 5.74) is -1.71. The van der Waals surface area contributed by atoms with Crippen LogP contribution in [0.25, 0.3) is 0 Å². The van der Waals surface area contributed by atoms with Crippen molar-refractivity contribution < 1.29 is 18.0 Å². The number of rotatable bonds is 7. The van der Waals surface area contributed by atoms with E-state index in [4.69, 9.17) is 9.57 Å². The second-order valence-electron chi connectivity index (χ2n) is 5.69. The van der Waals surface area contributed by atoms with Crippen molar-refractivity contribution in [3.63, 3.8) is 0 Å². The highest BCUT2D eigenvalue weighted by Gasteiger charge is 2.26. The quantitative estimate of drug-likeness (QED) is 0.566. The highest BCUT2D eigenvalue weighted by atomic mass is 32.2. The standard InChI is InChI=1S/C16H20N2O6S/c1-11(2)13-14(19)17-16(20)18(15(13)25(3,21)22)24-10-9-23-12-7-5-4-6-8-12/h4-8,11H,9-10H2,1-3H3,(H,17,19,20). The molecule has 1 N–H and O–H groups in total. The summed E-state index contributed by atoms with van der Waals surface area (Å²) in [6.45, 7) is 3.33. The smallest absolute Gasteiger partial charge is 0.362 e. The number of para-hydroxylation sites is 1. The molecule has 0 spiro atoms. The molecule has 0 atom stereocenters. The molecule has 1 aromatic carbocycles. The van der Waals surface area contributed by atoms with Crippen molar-refractivity contribution in [2.45, 2.75) is 24.8 Å². The van der Waals surface area contributed by atoms with E-state index < -0.39 is 32.0 Å². The number of nitrogens with one attached hydrogen (secondary N) is 1. The molecule has 0 amide bonds. The molecule has 0 fully saturated rings. The lowest BCUT2D eigenvalue weighted by Gasteiger charge is -2.16. The summed E-state index contributed by atoms with van der Waals surface area (Å²) in [6, 6.07) is 8.96. The number of sulfone groups is 1. The van der Waals surface area contributed by atoms with E-state index in [1.807, 2.05) is 6.07 Å². The van der Waals surface area contributed by atoms with Crippen molar-refractivity contribution in [1.29, 1.82) is 0 Å². The van der Waals surface area contributed by atoms with Gasteiger partial charge in [-0.15, -0.1) is 4.73 Å². The van der Waals surface area contributed by atoms with E-state index in [-0.39, 0.29) is 18.8 Å². The molecule has 2 rings (SSSR count). The van der Waals surface area contributed by atoms with Gasteiger partial charge in [-0.2, -0.15) is 0 Å².